The number of aliphatic hydroxyl groups excluding tert-OH is 1. The van der Waals surface area contributed by atoms with Gasteiger partial charge in [-0.05, 0) is 51.3 Å². The highest BCUT2D eigenvalue weighted by Crippen LogP contribution is 2.40. The van der Waals surface area contributed by atoms with Crippen LogP contribution in [0.1, 0.15) is 127 Å². The topological polar surface area (TPSA) is 295 Å². The highest BCUT2D eigenvalue weighted by molar-refractivity contribution is 7.15. The van der Waals surface area contributed by atoms with Crippen LogP contribution >= 0.6 is 68.0 Å². The first-order chi connectivity index (χ1) is 38.7. The van der Waals surface area contributed by atoms with E-state index in [1.165, 1.54) is 75.7 Å². The van der Waals surface area contributed by atoms with Crippen LogP contribution in [0.5, 0.6) is 0 Å². The zero-order valence-corrected chi connectivity index (χ0v) is 50.0. The SMILES string of the molecule is CNC(=O)C[C@@H]1NC(=O)c2csc(n2)-c2ccc(-c3nc(N(C)C(=O)OC(C)(C)C)cs3)nc2-c2csc(n2)-c2csc(n2)[C@H]([C@@H](O)c2ccccc2)NC(=O)CNC(=O)c2nc(sc2COC)[C@H](C(C)C)NC(=O)c2nc1sc2C. The van der Waals surface area contributed by atoms with Crippen molar-refractivity contribution in [2.75, 3.05) is 32.6 Å². The Bertz CT molecular complexity index is 3640. The fraction of sp³-hybridized carbons (Fsp3) is 0.340. The number of aryl methyl sites for hydroxylation is 1. The highest BCUT2D eigenvalue weighted by atomic mass is 32.1. The molecule has 22 nitrogen and oxygen atoms in total. The summed E-state index contributed by atoms with van der Waals surface area (Å²) in [5.41, 5.74) is 2.09. The summed E-state index contributed by atoms with van der Waals surface area (Å²) in [7, 11) is 4.52. The Morgan fingerprint density at radius 1 is 0.728 bits per heavy atom. The number of pyridine rings is 1. The summed E-state index contributed by atoms with van der Waals surface area (Å²) in [4.78, 5) is 119. The van der Waals surface area contributed by atoms with E-state index in [2.05, 4.69) is 26.6 Å². The molecule has 0 aliphatic carbocycles. The number of anilines is 1. The third-order valence-corrected chi connectivity index (χ3v) is 18.0. The molecule has 10 bridgehead atoms. The van der Waals surface area contributed by atoms with E-state index < -0.39 is 72.0 Å². The molecule has 1 aliphatic rings. The van der Waals surface area contributed by atoms with Crippen molar-refractivity contribution in [3.63, 3.8) is 0 Å². The second kappa shape index (κ2) is 24.8. The standard InChI is InChI=1S/C53H55N13O9S6/c1-24(2)37-51-65-40(33(81-51)19-74-9)44(71)55-18-36(68)62-41(42(69)26-13-11-10-12-14-26)50-60-32(22-78-50)48-58-30(20-77-48)39-27(15-16-28(56-39)47-61-34(23-79-47)66(8)52(73)75-53(4,5)6)46-59-31(21-76-46)43(70)57-29(17-35(67)54-7)49-64-38(25(3)80-49)45(72)63-37/h10-16,20-24,29,37,41-42,69H,17-19H2,1-9H3,(H,54,67)(H,55,71)(H,57,70)(H,62,68)(H,63,72)/t29-,37-,41-,42-/m0/s1. The quantitative estimate of drug-likeness (QED) is 0.0787. The fourth-order valence-electron chi connectivity index (χ4n) is 8.15. The number of hydrogen-bond acceptors (Lipinski definition) is 22. The molecule has 6 amide bonds. The third-order valence-electron chi connectivity index (χ3n) is 12.2. The zero-order chi connectivity index (χ0) is 57.9. The van der Waals surface area contributed by atoms with Gasteiger partial charge >= 0.3 is 6.09 Å². The van der Waals surface area contributed by atoms with Gasteiger partial charge in [0.1, 0.15) is 87.8 Å². The molecular weight excluding hydrogens is 1160 g/mol. The van der Waals surface area contributed by atoms with Crippen molar-refractivity contribution in [3.8, 4) is 43.4 Å². The Balaban J connectivity index is 1.13. The average Bonchev–Trinajstić information content (AvgIpc) is 4.40. The molecule has 9 rings (SSSR count). The van der Waals surface area contributed by atoms with Crippen LogP contribution < -0.4 is 31.5 Å². The van der Waals surface area contributed by atoms with Crippen LogP contribution in [0.25, 0.3) is 43.4 Å². The van der Waals surface area contributed by atoms with E-state index in [-0.39, 0.29) is 36.0 Å². The van der Waals surface area contributed by atoms with E-state index in [1.54, 1.807) is 98.7 Å². The van der Waals surface area contributed by atoms with Crippen molar-refractivity contribution in [1.82, 2.24) is 61.5 Å². The van der Waals surface area contributed by atoms with E-state index in [0.717, 1.165) is 11.3 Å². The van der Waals surface area contributed by atoms with Crippen LogP contribution in [0.2, 0.25) is 0 Å². The molecule has 0 fully saturated rings. The molecule has 0 saturated heterocycles. The van der Waals surface area contributed by atoms with E-state index in [0.29, 0.717) is 79.5 Å². The van der Waals surface area contributed by atoms with Gasteiger partial charge in [0.05, 0.1) is 42.2 Å². The summed E-state index contributed by atoms with van der Waals surface area (Å²) in [5, 5.41) is 35.3. The summed E-state index contributed by atoms with van der Waals surface area (Å²) < 4.78 is 11.0. The maximum atomic E-state index is 14.3. The molecule has 0 spiro atoms. The van der Waals surface area contributed by atoms with Gasteiger partial charge in [0.2, 0.25) is 11.8 Å². The molecule has 0 radical (unpaired) electrons. The minimum absolute atomic E-state index is 0.00315. The number of methoxy groups -OCH3 is 1. The number of aliphatic hydroxyl groups is 1. The monoisotopic (exact) mass is 1210 g/mol. The van der Waals surface area contributed by atoms with Crippen LogP contribution in [0, 0.1) is 12.8 Å². The van der Waals surface area contributed by atoms with E-state index in [4.69, 9.17) is 44.4 Å². The molecule has 422 valence electrons. The van der Waals surface area contributed by atoms with Gasteiger partial charge in [0.15, 0.2) is 0 Å². The van der Waals surface area contributed by atoms with Crippen molar-refractivity contribution < 1.29 is 43.3 Å². The average molecular weight is 1210 g/mol. The molecule has 7 aromatic heterocycles. The van der Waals surface area contributed by atoms with Crippen LogP contribution in [0.3, 0.4) is 0 Å². The van der Waals surface area contributed by atoms with Gasteiger partial charge in [0, 0.05) is 53.2 Å². The molecule has 6 N–H and O–H groups in total. The molecule has 0 unspecified atom stereocenters. The molecule has 0 saturated carbocycles. The van der Waals surface area contributed by atoms with Crippen molar-refractivity contribution in [2.24, 2.45) is 5.92 Å². The minimum atomic E-state index is -1.27. The maximum Gasteiger partial charge on any atom is 0.415 e. The number of nitrogens with one attached hydrogen (secondary N) is 5. The first kappa shape index (κ1) is 58.3. The van der Waals surface area contributed by atoms with E-state index in [1.807, 2.05) is 13.8 Å². The normalized spacial score (nSPS) is 16.7. The van der Waals surface area contributed by atoms with Crippen LogP contribution in [-0.2, 0) is 25.7 Å². The summed E-state index contributed by atoms with van der Waals surface area (Å²) in [6.07, 6.45) is -2.06. The third kappa shape index (κ3) is 13.4. The minimum Gasteiger partial charge on any atom is -0.443 e. The molecule has 28 heteroatoms. The lowest BCUT2D eigenvalue weighted by Gasteiger charge is -2.23. The van der Waals surface area contributed by atoms with Gasteiger partial charge in [-0.25, -0.2) is 39.7 Å². The summed E-state index contributed by atoms with van der Waals surface area (Å²) in [6, 6.07) is 9.58. The summed E-state index contributed by atoms with van der Waals surface area (Å²) >= 11 is 7.25. The number of thiazole rings is 6. The number of carbonyl (C=O) groups excluding carboxylic acids is 6. The summed E-state index contributed by atoms with van der Waals surface area (Å²) in [5.74, 6) is -2.74. The number of benzene rings is 1. The van der Waals surface area contributed by atoms with Gasteiger partial charge in [-0.3, -0.25) is 28.9 Å². The maximum absolute atomic E-state index is 14.3. The van der Waals surface area contributed by atoms with Crippen molar-refractivity contribution in [2.45, 2.75) is 84.4 Å². The largest absolute Gasteiger partial charge is 0.443 e. The first-order valence-corrected chi connectivity index (χ1v) is 30.2. The Hall–Kier alpha value is -7.31. The number of amides is 6. The number of fused-ring (bicyclic) bond motifs is 14. The summed E-state index contributed by atoms with van der Waals surface area (Å²) in [6.45, 7) is 10.3. The molecule has 81 heavy (non-hydrogen) atoms. The van der Waals surface area contributed by atoms with Gasteiger partial charge in [0.25, 0.3) is 17.7 Å². The highest BCUT2D eigenvalue weighted by Gasteiger charge is 2.33. The van der Waals surface area contributed by atoms with Gasteiger partial charge in [-0.2, -0.15) is 0 Å². The lowest BCUT2D eigenvalue weighted by atomic mass is 10.0. The van der Waals surface area contributed by atoms with Crippen LogP contribution in [0.15, 0.2) is 64.0 Å². The smallest absolute Gasteiger partial charge is 0.415 e. The zero-order valence-electron chi connectivity index (χ0n) is 45.1. The number of aromatic nitrogens is 7. The second-order valence-corrected chi connectivity index (χ2v) is 25.5. The van der Waals surface area contributed by atoms with Crippen molar-refractivity contribution in [1.29, 1.82) is 0 Å². The van der Waals surface area contributed by atoms with E-state index in [9.17, 15) is 33.9 Å². The molecular formula is C53H55N13O9S6. The lowest BCUT2D eigenvalue weighted by Crippen LogP contribution is -2.40. The van der Waals surface area contributed by atoms with Gasteiger partial charge in [-0.15, -0.1) is 68.0 Å². The Morgan fingerprint density at radius 3 is 2.15 bits per heavy atom. The Morgan fingerprint density at radius 2 is 1.42 bits per heavy atom. The Kier molecular flexibility index (Phi) is 17.9. The fourth-order valence-corrected chi connectivity index (χ4v) is 13.7. The number of hydrogen-bond donors (Lipinski definition) is 6. The predicted octanol–water partition coefficient (Wildman–Crippen LogP) is 8.68. The molecule has 8 heterocycles. The predicted molar refractivity (Wildman–Crippen MR) is 312 cm³/mol. The van der Waals surface area contributed by atoms with Crippen LogP contribution in [0.4, 0.5) is 10.6 Å². The van der Waals surface area contributed by atoms with Crippen molar-refractivity contribution in [3.05, 3.63) is 111 Å². The molecule has 1 aliphatic heterocycles. The number of nitrogens with zero attached hydrogens (tertiary/aromatic N) is 8. The number of carbonyl (C=O) groups is 6. The number of rotatable bonds is 9. The van der Waals surface area contributed by atoms with E-state index >= 15 is 0 Å². The second-order valence-electron chi connectivity index (χ2n) is 19.7. The van der Waals surface area contributed by atoms with Gasteiger partial charge < -0.3 is 41.2 Å². The lowest BCUT2D eigenvalue weighted by molar-refractivity contribution is -0.122. The Labute approximate surface area is 488 Å². The van der Waals surface area contributed by atoms with Gasteiger partial charge in [-0.1, -0.05) is 44.2 Å². The molecule has 4 atom stereocenters. The number of ether oxygens (including phenoxy) is 2. The van der Waals surface area contributed by atoms with Crippen molar-refractivity contribution >= 4 is 109 Å². The molecule has 1 aromatic carbocycles. The van der Waals surface area contributed by atoms with Crippen LogP contribution in [-0.4, -0.2) is 109 Å². The molecule has 8 aromatic rings. The first-order valence-electron chi connectivity index (χ1n) is 25.1.